The molecule has 3 heteroatoms. The van der Waals surface area contributed by atoms with Gasteiger partial charge in [0.05, 0.1) is 6.26 Å². The fourth-order valence-electron chi connectivity index (χ4n) is 0.760. The van der Waals surface area contributed by atoms with Gasteiger partial charge in [-0.15, -0.1) is 0 Å². The van der Waals surface area contributed by atoms with Crippen molar-refractivity contribution in [3.8, 4) is 5.75 Å². The number of furan rings is 1. The van der Waals surface area contributed by atoms with Crippen LogP contribution in [0.3, 0.4) is 0 Å². The smallest absolute Gasteiger partial charge is 0.176 e. The lowest BCUT2D eigenvalue weighted by molar-refractivity contribution is 0.0509. The highest BCUT2D eigenvalue weighted by Gasteiger charge is 2.23. The molecule has 0 amide bonds. The Morgan fingerprint density at radius 2 is 2.10 bits per heavy atom. The number of aliphatic hydroxyl groups is 1. The van der Waals surface area contributed by atoms with Crippen LogP contribution in [0.1, 0.15) is 19.6 Å². The second-order valence-corrected chi connectivity index (χ2v) is 2.69. The average Bonchev–Trinajstić information content (AvgIpc) is 2.11. The molecule has 0 unspecified atom stereocenters. The summed E-state index contributed by atoms with van der Waals surface area (Å²) in [6.07, 6.45) is 1.34. The molecule has 1 heterocycles. The van der Waals surface area contributed by atoms with E-state index in [1.807, 2.05) is 0 Å². The van der Waals surface area contributed by atoms with Gasteiger partial charge in [0, 0.05) is 6.07 Å². The number of hydrogen-bond donors (Lipinski definition) is 2. The van der Waals surface area contributed by atoms with Crippen LogP contribution in [-0.4, -0.2) is 10.2 Å². The van der Waals surface area contributed by atoms with Gasteiger partial charge >= 0.3 is 0 Å². The third kappa shape index (κ3) is 1.14. The Labute approximate surface area is 58.9 Å². The molecule has 10 heavy (non-hydrogen) atoms. The van der Waals surface area contributed by atoms with Gasteiger partial charge in [0.15, 0.2) is 11.5 Å². The Morgan fingerprint density at radius 1 is 1.50 bits per heavy atom. The van der Waals surface area contributed by atoms with Crippen molar-refractivity contribution < 1.29 is 14.6 Å². The van der Waals surface area contributed by atoms with E-state index in [0.29, 0.717) is 0 Å². The quantitative estimate of drug-likeness (QED) is 0.619. The van der Waals surface area contributed by atoms with Gasteiger partial charge in [0.1, 0.15) is 5.60 Å². The van der Waals surface area contributed by atoms with E-state index in [2.05, 4.69) is 0 Å². The largest absolute Gasteiger partial charge is 0.504 e. The molecular formula is C7H10O3. The SMILES string of the molecule is CC(C)(O)c1occc1O. The van der Waals surface area contributed by atoms with E-state index < -0.39 is 5.60 Å². The molecule has 3 nitrogen and oxygen atoms in total. The fourth-order valence-corrected chi connectivity index (χ4v) is 0.760. The highest BCUT2D eigenvalue weighted by atomic mass is 16.4. The zero-order valence-electron chi connectivity index (χ0n) is 5.96. The van der Waals surface area contributed by atoms with E-state index in [1.165, 1.54) is 12.3 Å². The summed E-state index contributed by atoms with van der Waals surface area (Å²) in [4.78, 5) is 0. The van der Waals surface area contributed by atoms with Crippen molar-refractivity contribution in [1.82, 2.24) is 0 Å². The molecule has 0 saturated heterocycles. The highest BCUT2D eigenvalue weighted by Crippen LogP contribution is 2.28. The van der Waals surface area contributed by atoms with E-state index in [-0.39, 0.29) is 11.5 Å². The third-order valence-electron chi connectivity index (χ3n) is 1.20. The second-order valence-electron chi connectivity index (χ2n) is 2.69. The maximum atomic E-state index is 9.30. The topological polar surface area (TPSA) is 53.6 Å². The van der Waals surface area contributed by atoms with Gasteiger partial charge in [0.2, 0.25) is 0 Å². The molecule has 0 aliphatic heterocycles. The predicted molar refractivity (Wildman–Crippen MR) is 35.6 cm³/mol. The Bertz CT molecular complexity index is 219. The lowest BCUT2D eigenvalue weighted by atomic mass is 10.1. The van der Waals surface area contributed by atoms with E-state index >= 15 is 0 Å². The molecule has 1 aromatic heterocycles. The zero-order valence-corrected chi connectivity index (χ0v) is 5.96. The Morgan fingerprint density at radius 3 is 2.30 bits per heavy atom. The summed E-state index contributed by atoms with van der Waals surface area (Å²) >= 11 is 0. The molecule has 0 aliphatic rings. The molecule has 0 aromatic carbocycles. The van der Waals surface area contributed by atoms with Crippen LogP contribution in [0.15, 0.2) is 16.7 Å². The molecule has 1 aromatic rings. The van der Waals surface area contributed by atoms with Gasteiger partial charge in [-0.2, -0.15) is 0 Å². The predicted octanol–water partition coefficient (Wildman–Crippen LogP) is 1.21. The van der Waals surface area contributed by atoms with E-state index in [9.17, 15) is 5.11 Å². The minimum Gasteiger partial charge on any atom is -0.504 e. The first-order valence-electron chi connectivity index (χ1n) is 3.01. The van der Waals surface area contributed by atoms with Gasteiger partial charge in [-0.1, -0.05) is 0 Å². The molecule has 2 N–H and O–H groups in total. The molecule has 1 rings (SSSR count). The van der Waals surface area contributed by atoms with Crippen molar-refractivity contribution in [3.63, 3.8) is 0 Å². The normalized spacial score (nSPS) is 11.9. The number of hydrogen-bond acceptors (Lipinski definition) is 3. The fraction of sp³-hybridized carbons (Fsp3) is 0.429. The van der Waals surface area contributed by atoms with Crippen molar-refractivity contribution in [3.05, 3.63) is 18.1 Å². The first-order valence-corrected chi connectivity index (χ1v) is 3.01. The molecule has 0 atom stereocenters. The number of aromatic hydroxyl groups is 1. The van der Waals surface area contributed by atoms with Gasteiger partial charge in [-0.25, -0.2) is 0 Å². The molecule has 0 aliphatic carbocycles. The minimum atomic E-state index is -1.10. The van der Waals surface area contributed by atoms with E-state index in [1.54, 1.807) is 13.8 Å². The Kier molecular flexibility index (Phi) is 1.45. The van der Waals surface area contributed by atoms with Crippen molar-refractivity contribution in [2.45, 2.75) is 19.4 Å². The van der Waals surface area contributed by atoms with Gasteiger partial charge in [-0.05, 0) is 13.8 Å². The summed E-state index contributed by atoms with van der Waals surface area (Å²) in [6, 6.07) is 1.40. The maximum absolute atomic E-state index is 9.30. The van der Waals surface area contributed by atoms with Crippen LogP contribution in [0, 0.1) is 0 Å². The van der Waals surface area contributed by atoms with Crippen LogP contribution in [-0.2, 0) is 5.60 Å². The minimum absolute atomic E-state index is 0.00694. The Balaban J connectivity index is 3.05. The van der Waals surface area contributed by atoms with Crippen LogP contribution in [0.5, 0.6) is 5.75 Å². The summed E-state index contributed by atoms with van der Waals surface area (Å²) in [7, 11) is 0. The lowest BCUT2D eigenvalue weighted by Crippen LogP contribution is -2.14. The Hall–Kier alpha value is -0.960. The molecule has 0 radical (unpaired) electrons. The van der Waals surface area contributed by atoms with Crippen LogP contribution in [0.25, 0.3) is 0 Å². The van der Waals surface area contributed by atoms with Crippen LogP contribution in [0.2, 0.25) is 0 Å². The van der Waals surface area contributed by atoms with Crippen molar-refractivity contribution >= 4 is 0 Å². The molecule has 0 bridgehead atoms. The maximum Gasteiger partial charge on any atom is 0.176 e. The first-order chi connectivity index (χ1) is 4.52. The van der Waals surface area contributed by atoms with Crippen molar-refractivity contribution in [2.75, 3.05) is 0 Å². The van der Waals surface area contributed by atoms with Crippen LogP contribution in [0.4, 0.5) is 0 Å². The van der Waals surface area contributed by atoms with Crippen molar-refractivity contribution in [2.24, 2.45) is 0 Å². The first kappa shape index (κ1) is 7.15. The summed E-state index contributed by atoms with van der Waals surface area (Å²) in [5.74, 6) is 0.194. The van der Waals surface area contributed by atoms with Crippen molar-refractivity contribution in [1.29, 1.82) is 0 Å². The average molecular weight is 142 g/mol. The van der Waals surface area contributed by atoms with Gasteiger partial charge in [0.25, 0.3) is 0 Å². The lowest BCUT2D eigenvalue weighted by Gasteiger charge is -2.13. The summed E-state index contributed by atoms with van der Waals surface area (Å²) in [5.41, 5.74) is -1.10. The second kappa shape index (κ2) is 2.02. The molecular weight excluding hydrogens is 132 g/mol. The molecule has 56 valence electrons. The molecule has 0 spiro atoms. The zero-order chi connectivity index (χ0) is 7.78. The summed E-state index contributed by atoms with van der Waals surface area (Å²) < 4.78 is 4.83. The summed E-state index contributed by atoms with van der Waals surface area (Å²) in [6.45, 7) is 3.09. The number of rotatable bonds is 1. The third-order valence-corrected chi connectivity index (χ3v) is 1.20. The summed E-state index contributed by atoms with van der Waals surface area (Å²) in [5, 5.41) is 18.3. The molecule has 0 fully saturated rings. The molecule has 0 saturated carbocycles. The van der Waals surface area contributed by atoms with E-state index in [0.717, 1.165) is 0 Å². The monoisotopic (exact) mass is 142 g/mol. The highest BCUT2D eigenvalue weighted by molar-refractivity contribution is 5.26. The van der Waals surface area contributed by atoms with Gasteiger partial charge in [-0.3, -0.25) is 0 Å². The van der Waals surface area contributed by atoms with E-state index in [4.69, 9.17) is 9.52 Å². The van der Waals surface area contributed by atoms with Crippen LogP contribution >= 0.6 is 0 Å². The van der Waals surface area contributed by atoms with Gasteiger partial charge < -0.3 is 14.6 Å². The standard InChI is InChI=1S/C7H10O3/c1-7(2,9)6-5(8)3-4-10-6/h3-4,8-9H,1-2H3. The van der Waals surface area contributed by atoms with Crippen LogP contribution < -0.4 is 0 Å².